The van der Waals surface area contributed by atoms with Crippen LogP contribution >= 0.6 is 0 Å². The van der Waals surface area contributed by atoms with Crippen molar-refractivity contribution in [3.63, 3.8) is 0 Å². The summed E-state index contributed by atoms with van der Waals surface area (Å²) in [5, 5.41) is 4.37. The molecule has 0 aromatic carbocycles. The lowest BCUT2D eigenvalue weighted by atomic mass is 10.1. The summed E-state index contributed by atoms with van der Waals surface area (Å²) >= 11 is 0. The first-order chi connectivity index (χ1) is 11.3. The Morgan fingerprint density at radius 2 is 1.87 bits per heavy atom. The molecule has 0 spiro atoms. The molecule has 0 bridgehead atoms. The molecule has 2 aromatic heterocycles. The Kier molecular flexibility index (Phi) is 3.89. The summed E-state index contributed by atoms with van der Waals surface area (Å²) in [6.45, 7) is 3.49. The maximum absolute atomic E-state index is 12.6. The quantitative estimate of drug-likeness (QED) is 0.850. The number of fused-ring (bicyclic) bond motifs is 1. The number of aromatic nitrogens is 3. The molecule has 0 N–H and O–H groups in total. The van der Waals surface area contributed by atoms with Crippen LogP contribution in [0, 0.1) is 5.92 Å². The highest BCUT2D eigenvalue weighted by atomic mass is 16.2. The normalized spacial score (nSPS) is 20.2. The number of nitrogens with zero attached hydrogens (tertiary/aromatic N) is 5. The summed E-state index contributed by atoms with van der Waals surface area (Å²) in [6, 6.07) is 3.92. The summed E-state index contributed by atoms with van der Waals surface area (Å²) in [5.74, 6) is 1.72. The monoisotopic (exact) mass is 313 g/mol. The van der Waals surface area contributed by atoms with Gasteiger partial charge < -0.3 is 9.80 Å². The lowest BCUT2D eigenvalue weighted by molar-refractivity contribution is -0.135. The van der Waals surface area contributed by atoms with Crippen molar-refractivity contribution in [2.75, 3.05) is 31.1 Å². The van der Waals surface area contributed by atoms with Crippen molar-refractivity contribution < 1.29 is 4.79 Å². The van der Waals surface area contributed by atoms with Crippen LogP contribution in [0.3, 0.4) is 0 Å². The fraction of sp³-hybridized carbons (Fsp3) is 0.588. The van der Waals surface area contributed by atoms with Crippen molar-refractivity contribution in [1.29, 1.82) is 0 Å². The zero-order chi connectivity index (χ0) is 15.6. The number of carbonyl (C=O) groups excluding carboxylic acids is 1. The van der Waals surface area contributed by atoms with Gasteiger partial charge in [0.15, 0.2) is 5.65 Å². The number of rotatable bonds is 2. The topological polar surface area (TPSA) is 53.7 Å². The third-order valence-corrected chi connectivity index (χ3v) is 5.11. The zero-order valence-electron chi connectivity index (χ0n) is 13.4. The molecular weight excluding hydrogens is 290 g/mol. The van der Waals surface area contributed by atoms with E-state index >= 15 is 0 Å². The summed E-state index contributed by atoms with van der Waals surface area (Å²) in [7, 11) is 0. The Labute approximate surface area is 136 Å². The molecule has 1 aliphatic carbocycles. The third kappa shape index (κ3) is 2.78. The molecule has 6 heteroatoms. The van der Waals surface area contributed by atoms with E-state index in [1.54, 1.807) is 6.20 Å². The van der Waals surface area contributed by atoms with Gasteiger partial charge in [-0.2, -0.15) is 9.61 Å². The van der Waals surface area contributed by atoms with Gasteiger partial charge in [-0.15, -0.1) is 0 Å². The van der Waals surface area contributed by atoms with E-state index in [1.165, 1.54) is 12.8 Å². The lowest BCUT2D eigenvalue weighted by Crippen LogP contribution is -2.38. The van der Waals surface area contributed by atoms with E-state index in [0.29, 0.717) is 5.91 Å². The minimum Gasteiger partial charge on any atom is -0.355 e. The van der Waals surface area contributed by atoms with Crippen molar-refractivity contribution in [1.82, 2.24) is 19.5 Å². The molecule has 1 amide bonds. The van der Waals surface area contributed by atoms with Crippen molar-refractivity contribution in [3.8, 4) is 0 Å². The van der Waals surface area contributed by atoms with E-state index in [4.69, 9.17) is 0 Å². The van der Waals surface area contributed by atoms with Crippen molar-refractivity contribution in [3.05, 3.63) is 24.5 Å². The van der Waals surface area contributed by atoms with Crippen LogP contribution in [0.5, 0.6) is 0 Å². The van der Waals surface area contributed by atoms with Gasteiger partial charge in [-0.1, -0.05) is 12.8 Å². The molecule has 0 atom stereocenters. The summed E-state index contributed by atoms with van der Waals surface area (Å²) in [5.41, 5.74) is 0.866. The summed E-state index contributed by atoms with van der Waals surface area (Å²) < 4.78 is 1.88. The molecule has 6 nitrogen and oxygen atoms in total. The molecule has 1 aliphatic heterocycles. The van der Waals surface area contributed by atoms with Crippen LogP contribution in [0.2, 0.25) is 0 Å². The molecule has 1 saturated heterocycles. The predicted octanol–water partition coefficient (Wildman–Crippen LogP) is 1.96. The van der Waals surface area contributed by atoms with E-state index in [2.05, 4.69) is 19.9 Å². The molecule has 2 aromatic rings. The number of carbonyl (C=O) groups is 1. The Bertz CT molecular complexity index is 691. The standard InChI is InChI=1S/C17H23N5O/c23-17(14-4-1-2-5-14)21-11-3-10-20(12-13-21)16-7-8-18-15-6-9-19-22(15)16/h6-9,14H,1-5,10-13H2. The van der Waals surface area contributed by atoms with Gasteiger partial charge in [0.25, 0.3) is 0 Å². The van der Waals surface area contributed by atoms with Crippen molar-refractivity contribution in [2.45, 2.75) is 32.1 Å². The molecule has 3 heterocycles. The Balaban J connectivity index is 1.49. The fourth-order valence-electron chi connectivity index (χ4n) is 3.86. The second-order valence-corrected chi connectivity index (χ2v) is 6.55. The first kappa shape index (κ1) is 14.5. The predicted molar refractivity (Wildman–Crippen MR) is 88.4 cm³/mol. The highest BCUT2D eigenvalue weighted by Crippen LogP contribution is 2.27. The second kappa shape index (κ2) is 6.18. The van der Waals surface area contributed by atoms with Crippen LogP contribution in [-0.4, -0.2) is 51.6 Å². The van der Waals surface area contributed by atoms with E-state index in [-0.39, 0.29) is 5.92 Å². The molecule has 23 heavy (non-hydrogen) atoms. The van der Waals surface area contributed by atoms with Gasteiger partial charge in [0, 0.05) is 44.4 Å². The van der Waals surface area contributed by atoms with E-state index in [9.17, 15) is 4.79 Å². The molecule has 0 unspecified atom stereocenters. The minimum absolute atomic E-state index is 0.278. The van der Waals surface area contributed by atoms with Gasteiger partial charge in [-0.3, -0.25) is 4.79 Å². The Hall–Kier alpha value is -2.11. The maximum Gasteiger partial charge on any atom is 0.225 e. The molecule has 2 aliphatic rings. The molecule has 2 fully saturated rings. The van der Waals surface area contributed by atoms with Crippen LogP contribution in [0.15, 0.2) is 24.5 Å². The molecule has 122 valence electrons. The summed E-state index contributed by atoms with van der Waals surface area (Å²) in [6.07, 6.45) is 9.20. The van der Waals surface area contributed by atoms with E-state index in [0.717, 1.165) is 56.9 Å². The van der Waals surface area contributed by atoms with E-state index in [1.807, 2.05) is 22.8 Å². The second-order valence-electron chi connectivity index (χ2n) is 6.55. The molecule has 0 radical (unpaired) electrons. The lowest BCUT2D eigenvalue weighted by Gasteiger charge is -2.25. The number of anilines is 1. The van der Waals surface area contributed by atoms with Crippen LogP contribution in [0.25, 0.3) is 5.65 Å². The van der Waals surface area contributed by atoms with Crippen molar-refractivity contribution >= 4 is 17.4 Å². The molecule has 1 saturated carbocycles. The number of hydrogen-bond acceptors (Lipinski definition) is 4. The van der Waals surface area contributed by atoms with Gasteiger partial charge in [-0.25, -0.2) is 4.98 Å². The number of hydrogen-bond donors (Lipinski definition) is 0. The summed E-state index contributed by atoms with van der Waals surface area (Å²) in [4.78, 5) is 21.4. The average Bonchev–Trinajstić information content (AvgIpc) is 3.21. The first-order valence-electron chi connectivity index (χ1n) is 8.65. The molecular formula is C17H23N5O. The number of amides is 1. The highest BCUT2D eigenvalue weighted by Gasteiger charge is 2.28. The van der Waals surface area contributed by atoms with Gasteiger partial charge in [0.1, 0.15) is 5.82 Å². The van der Waals surface area contributed by atoms with Crippen LogP contribution in [0.1, 0.15) is 32.1 Å². The minimum atomic E-state index is 0.278. The Morgan fingerprint density at radius 1 is 1.00 bits per heavy atom. The third-order valence-electron chi connectivity index (χ3n) is 5.11. The zero-order valence-corrected chi connectivity index (χ0v) is 13.4. The van der Waals surface area contributed by atoms with Crippen LogP contribution in [-0.2, 0) is 4.79 Å². The largest absolute Gasteiger partial charge is 0.355 e. The Morgan fingerprint density at radius 3 is 2.74 bits per heavy atom. The smallest absolute Gasteiger partial charge is 0.225 e. The van der Waals surface area contributed by atoms with Gasteiger partial charge in [0.2, 0.25) is 5.91 Å². The molecule has 4 rings (SSSR count). The van der Waals surface area contributed by atoms with Gasteiger partial charge in [-0.05, 0) is 25.3 Å². The SMILES string of the molecule is O=C(C1CCCC1)N1CCCN(c2ccnc3ccnn23)CC1. The van der Waals surface area contributed by atoms with Gasteiger partial charge >= 0.3 is 0 Å². The fourth-order valence-corrected chi connectivity index (χ4v) is 3.86. The van der Waals surface area contributed by atoms with Crippen LogP contribution < -0.4 is 4.90 Å². The van der Waals surface area contributed by atoms with Gasteiger partial charge in [0.05, 0.1) is 6.20 Å². The average molecular weight is 313 g/mol. The van der Waals surface area contributed by atoms with Crippen LogP contribution in [0.4, 0.5) is 5.82 Å². The van der Waals surface area contributed by atoms with Crippen molar-refractivity contribution in [2.24, 2.45) is 5.92 Å². The van der Waals surface area contributed by atoms with E-state index < -0.39 is 0 Å². The first-order valence-corrected chi connectivity index (χ1v) is 8.65. The highest BCUT2D eigenvalue weighted by molar-refractivity contribution is 5.79. The maximum atomic E-state index is 12.6.